The van der Waals surface area contributed by atoms with Crippen molar-refractivity contribution in [2.24, 2.45) is 5.73 Å². The van der Waals surface area contributed by atoms with Crippen LogP contribution in [0, 0.1) is 0 Å². The molecule has 3 N–H and O–H groups in total. The van der Waals surface area contributed by atoms with Crippen LogP contribution in [0.25, 0.3) is 0 Å². The molecule has 0 atom stereocenters. The predicted molar refractivity (Wildman–Crippen MR) is 58.1 cm³/mol. The van der Waals surface area contributed by atoms with Crippen molar-refractivity contribution in [3.05, 3.63) is 29.8 Å². The second kappa shape index (κ2) is 5.07. The van der Waals surface area contributed by atoms with Crippen molar-refractivity contribution < 1.29 is 8.78 Å². The van der Waals surface area contributed by atoms with Crippen LogP contribution in [0.5, 0.6) is 0 Å². The summed E-state index contributed by atoms with van der Waals surface area (Å²) in [5.41, 5.74) is 7.31. The summed E-state index contributed by atoms with van der Waals surface area (Å²) in [4.78, 5) is 0. The number of anilines is 1. The molecule has 0 aromatic heterocycles. The van der Waals surface area contributed by atoms with E-state index < -0.39 is 5.92 Å². The van der Waals surface area contributed by atoms with Crippen molar-refractivity contribution >= 4 is 5.69 Å². The molecule has 1 rings (SSSR count). The minimum atomic E-state index is -2.61. The lowest BCUT2D eigenvalue weighted by Gasteiger charge is -2.11. The van der Waals surface area contributed by atoms with Gasteiger partial charge in [0.2, 0.25) is 5.92 Å². The van der Waals surface area contributed by atoms with Crippen LogP contribution in [-0.4, -0.2) is 12.5 Å². The summed E-state index contributed by atoms with van der Waals surface area (Å²) >= 11 is 0. The van der Waals surface area contributed by atoms with Crippen molar-refractivity contribution in [2.75, 3.05) is 11.9 Å². The van der Waals surface area contributed by atoms with E-state index >= 15 is 0 Å². The molecule has 1 aromatic carbocycles. The first-order valence-electron chi connectivity index (χ1n) is 4.92. The second-order valence-electron chi connectivity index (χ2n) is 3.65. The SMILES string of the molecule is CC(F)(F)CCNc1ccc(CN)cc1. The zero-order valence-electron chi connectivity index (χ0n) is 8.76. The van der Waals surface area contributed by atoms with Gasteiger partial charge in [0.1, 0.15) is 0 Å². The summed E-state index contributed by atoms with van der Waals surface area (Å²) in [6.07, 6.45) is -0.161. The van der Waals surface area contributed by atoms with E-state index in [4.69, 9.17) is 5.73 Å². The van der Waals surface area contributed by atoms with E-state index in [9.17, 15) is 8.78 Å². The van der Waals surface area contributed by atoms with Gasteiger partial charge in [0.25, 0.3) is 0 Å². The number of alkyl halides is 2. The quantitative estimate of drug-likeness (QED) is 0.790. The average Bonchev–Trinajstić information content (AvgIpc) is 2.17. The molecule has 0 spiro atoms. The molecule has 0 fully saturated rings. The van der Waals surface area contributed by atoms with Crippen molar-refractivity contribution in [1.82, 2.24) is 0 Å². The molecule has 0 saturated carbocycles. The third kappa shape index (κ3) is 4.74. The monoisotopic (exact) mass is 214 g/mol. The van der Waals surface area contributed by atoms with Crippen molar-refractivity contribution in [3.63, 3.8) is 0 Å². The van der Waals surface area contributed by atoms with Gasteiger partial charge in [-0.2, -0.15) is 0 Å². The molecule has 0 unspecified atom stereocenters. The Labute approximate surface area is 88.5 Å². The molecule has 4 heteroatoms. The first kappa shape index (κ1) is 11.9. The second-order valence-corrected chi connectivity index (χ2v) is 3.65. The Morgan fingerprint density at radius 1 is 1.27 bits per heavy atom. The van der Waals surface area contributed by atoms with Crippen LogP contribution in [0.2, 0.25) is 0 Å². The topological polar surface area (TPSA) is 38.0 Å². The number of benzene rings is 1. The van der Waals surface area contributed by atoms with Crippen LogP contribution < -0.4 is 11.1 Å². The Bertz CT molecular complexity index is 290. The highest BCUT2D eigenvalue weighted by Crippen LogP contribution is 2.17. The van der Waals surface area contributed by atoms with Gasteiger partial charge in [-0.05, 0) is 24.6 Å². The van der Waals surface area contributed by atoms with E-state index in [2.05, 4.69) is 5.32 Å². The van der Waals surface area contributed by atoms with Crippen molar-refractivity contribution in [1.29, 1.82) is 0 Å². The molecule has 0 aliphatic carbocycles. The maximum absolute atomic E-state index is 12.5. The number of rotatable bonds is 5. The summed E-state index contributed by atoms with van der Waals surface area (Å²) in [7, 11) is 0. The third-order valence-electron chi connectivity index (χ3n) is 2.08. The highest BCUT2D eigenvalue weighted by atomic mass is 19.3. The number of halogens is 2. The molecule has 0 aliphatic rings. The number of nitrogens with one attached hydrogen (secondary N) is 1. The van der Waals surface area contributed by atoms with Gasteiger partial charge in [-0.3, -0.25) is 0 Å². The maximum Gasteiger partial charge on any atom is 0.247 e. The van der Waals surface area contributed by atoms with E-state index in [0.717, 1.165) is 18.2 Å². The van der Waals surface area contributed by atoms with Gasteiger partial charge in [0.15, 0.2) is 0 Å². The van der Waals surface area contributed by atoms with Gasteiger partial charge in [0, 0.05) is 25.2 Å². The fraction of sp³-hybridized carbons (Fsp3) is 0.455. The zero-order chi connectivity index (χ0) is 11.3. The zero-order valence-corrected chi connectivity index (χ0v) is 8.76. The summed E-state index contributed by atoms with van der Waals surface area (Å²) in [5.74, 6) is -2.61. The average molecular weight is 214 g/mol. The Kier molecular flexibility index (Phi) is 4.03. The van der Waals surface area contributed by atoms with Gasteiger partial charge in [-0.1, -0.05) is 12.1 Å². The molecule has 0 heterocycles. The van der Waals surface area contributed by atoms with Crippen LogP contribution >= 0.6 is 0 Å². The molecular weight excluding hydrogens is 198 g/mol. The molecule has 2 nitrogen and oxygen atoms in total. The van der Waals surface area contributed by atoms with Gasteiger partial charge in [-0.15, -0.1) is 0 Å². The molecular formula is C11H16F2N2. The smallest absolute Gasteiger partial charge is 0.247 e. The van der Waals surface area contributed by atoms with Gasteiger partial charge >= 0.3 is 0 Å². The minimum Gasteiger partial charge on any atom is -0.385 e. The standard InChI is InChI=1S/C11H16F2N2/c1-11(12,13)6-7-15-10-4-2-9(8-14)3-5-10/h2-5,15H,6-8,14H2,1H3. The Hall–Kier alpha value is -1.16. The largest absolute Gasteiger partial charge is 0.385 e. The third-order valence-corrected chi connectivity index (χ3v) is 2.08. The summed E-state index contributed by atoms with van der Waals surface area (Å²) in [5, 5.41) is 2.93. The molecule has 0 radical (unpaired) electrons. The lowest BCUT2D eigenvalue weighted by Crippen LogP contribution is -2.16. The summed E-state index contributed by atoms with van der Waals surface area (Å²) in [6, 6.07) is 7.45. The van der Waals surface area contributed by atoms with E-state index in [0.29, 0.717) is 6.54 Å². The molecule has 0 bridgehead atoms. The Morgan fingerprint density at radius 3 is 2.33 bits per heavy atom. The fourth-order valence-corrected chi connectivity index (χ4v) is 1.19. The van der Waals surface area contributed by atoms with E-state index in [1.807, 2.05) is 24.3 Å². The van der Waals surface area contributed by atoms with E-state index in [1.165, 1.54) is 0 Å². The molecule has 84 valence electrons. The number of nitrogens with two attached hydrogens (primary N) is 1. The van der Waals surface area contributed by atoms with Gasteiger partial charge in [-0.25, -0.2) is 8.78 Å². The Morgan fingerprint density at radius 2 is 1.87 bits per heavy atom. The molecule has 1 aromatic rings. The molecule has 0 saturated heterocycles. The van der Waals surface area contributed by atoms with Crippen molar-refractivity contribution in [2.45, 2.75) is 25.8 Å². The first-order valence-corrected chi connectivity index (χ1v) is 4.92. The molecule has 15 heavy (non-hydrogen) atoms. The summed E-state index contributed by atoms with van der Waals surface area (Å²) < 4.78 is 25.0. The van der Waals surface area contributed by atoms with Crippen LogP contribution in [0.4, 0.5) is 14.5 Å². The molecule has 0 aliphatic heterocycles. The van der Waals surface area contributed by atoms with Gasteiger partial charge in [0.05, 0.1) is 0 Å². The lowest BCUT2D eigenvalue weighted by molar-refractivity contribution is 0.0167. The number of hydrogen-bond acceptors (Lipinski definition) is 2. The van der Waals surface area contributed by atoms with E-state index in [-0.39, 0.29) is 13.0 Å². The highest BCUT2D eigenvalue weighted by molar-refractivity contribution is 5.44. The lowest BCUT2D eigenvalue weighted by atomic mass is 10.2. The van der Waals surface area contributed by atoms with Crippen LogP contribution in [0.15, 0.2) is 24.3 Å². The van der Waals surface area contributed by atoms with Crippen LogP contribution in [0.1, 0.15) is 18.9 Å². The van der Waals surface area contributed by atoms with Crippen molar-refractivity contribution in [3.8, 4) is 0 Å². The minimum absolute atomic E-state index is 0.161. The van der Waals surface area contributed by atoms with Gasteiger partial charge < -0.3 is 11.1 Å². The fourth-order valence-electron chi connectivity index (χ4n) is 1.19. The number of hydrogen-bond donors (Lipinski definition) is 2. The first-order chi connectivity index (χ1) is 7.01. The molecule has 0 amide bonds. The predicted octanol–water partition coefficient (Wildman–Crippen LogP) is 2.60. The Balaban J connectivity index is 2.38. The van der Waals surface area contributed by atoms with Crippen LogP contribution in [0.3, 0.4) is 0 Å². The maximum atomic E-state index is 12.5. The normalized spacial score (nSPS) is 11.5. The summed E-state index contributed by atoms with van der Waals surface area (Å²) in [6.45, 7) is 1.69. The van der Waals surface area contributed by atoms with Crippen LogP contribution in [-0.2, 0) is 6.54 Å². The van der Waals surface area contributed by atoms with E-state index in [1.54, 1.807) is 0 Å². The highest BCUT2D eigenvalue weighted by Gasteiger charge is 2.19.